The van der Waals surface area contributed by atoms with Gasteiger partial charge in [0.2, 0.25) is 0 Å². The zero-order valence-corrected chi connectivity index (χ0v) is 11.8. The first-order valence-electron chi connectivity index (χ1n) is 7.11. The van der Waals surface area contributed by atoms with Crippen LogP contribution >= 0.6 is 0 Å². The van der Waals surface area contributed by atoms with Gasteiger partial charge in [-0.15, -0.1) is 0 Å². The first-order valence-corrected chi connectivity index (χ1v) is 7.11. The van der Waals surface area contributed by atoms with E-state index >= 15 is 0 Å². The normalized spacial score (nSPS) is 16.9. The van der Waals surface area contributed by atoms with Gasteiger partial charge in [0.15, 0.2) is 11.5 Å². The molecular formula is C17H20N3+. The molecule has 0 atom stereocenters. The molecule has 0 aliphatic carbocycles. The summed E-state index contributed by atoms with van der Waals surface area (Å²) in [4.78, 5) is 2.22. The van der Waals surface area contributed by atoms with Gasteiger partial charge in [0, 0.05) is 31.3 Å². The van der Waals surface area contributed by atoms with E-state index in [0.29, 0.717) is 0 Å². The van der Waals surface area contributed by atoms with Crippen molar-refractivity contribution in [2.45, 2.75) is 19.3 Å². The number of fused-ring (bicyclic) bond motifs is 1. The molecule has 1 aliphatic heterocycles. The molecule has 0 bridgehead atoms. The molecule has 0 radical (unpaired) electrons. The summed E-state index contributed by atoms with van der Waals surface area (Å²) in [6.45, 7) is 0. The molecule has 0 aromatic heterocycles. The number of hydrogen-bond donors (Lipinski definition) is 1. The van der Waals surface area contributed by atoms with E-state index in [2.05, 4.69) is 48.3 Å². The van der Waals surface area contributed by atoms with Crippen molar-refractivity contribution in [3.05, 3.63) is 60.2 Å². The third-order valence-corrected chi connectivity index (χ3v) is 3.75. The Morgan fingerprint density at radius 1 is 0.950 bits per heavy atom. The van der Waals surface area contributed by atoms with Crippen LogP contribution in [0.15, 0.2) is 59.7 Å². The topological polar surface area (TPSA) is 32.2 Å². The summed E-state index contributed by atoms with van der Waals surface area (Å²) in [6.07, 6.45) is 3.31. The zero-order valence-electron chi connectivity index (χ0n) is 11.8. The summed E-state index contributed by atoms with van der Waals surface area (Å²) in [5.74, 6) is 1.14. The van der Waals surface area contributed by atoms with Gasteiger partial charge < -0.3 is 4.90 Å². The largest absolute Gasteiger partial charge is 0.328 e. The Bertz CT molecular complexity index is 605. The van der Waals surface area contributed by atoms with Crippen molar-refractivity contribution in [1.82, 2.24) is 0 Å². The predicted molar refractivity (Wildman–Crippen MR) is 83.2 cm³/mol. The molecule has 0 saturated heterocycles. The van der Waals surface area contributed by atoms with Crippen molar-refractivity contribution in [2.24, 2.45) is 5.10 Å². The van der Waals surface area contributed by atoms with Gasteiger partial charge in [0.05, 0.1) is 0 Å². The lowest BCUT2D eigenvalue weighted by Crippen LogP contribution is -2.72. The van der Waals surface area contributed by atoms with E-state index in [0.717, 1.165) is 30.8 Å². The molecule has 0 saturated carbocycles. The second-order valence-corrected chi connectivity index (χ2v) is 5.13. The molecular weight excluding hydrogens is 246 g/mol. The number of hydrogen-bond acceptors (Lipinski definition) is 1. The molecule has 3 rings (SSSR count). The molecule has 0 spiro atoms. The Morgan fingerprint density at radius 3 is 2.55 bits per heavy atom. The molecule has 1 heterocycles. The number of nitrogens with zero attached hydrogens (tertiary/aromatic N) is 2. The highest BCUT2D eigenvalue weighted by Crippen LogP contribution is 2.25. The van der Waals surface area contributed by atoms with Crippen LogP contribution in [0.1, 0.15) is 18.4 Å². The second-order valence-electron chi connectivity index (χ2n) is 5.13. The smallest absolute Gasteiger partial charge is 0.165 e. The lowest BCUT2D eigenvalue weighted by molar-refractivity contribution is -0.577. The standard InChI is InChI=1S/C17H19N3/c1-20-16-12-6-5-8-14(16)9-7-13-17(20)19-18-15-10-3-2-4-11-15/h2-6,8,10-12,18H,7,9,13H2,1H3/p+1. The van der Waals surface area contributed by atoms with Gasteiger partial charge in [-0.05, 0) is 24.5 Å². The van der Waals surface area contributed by atoms with Crippen LogP contribution in [0.2, 0.25) is 0 Å². The van der Waals surface area contributed by atoms with Crippen LogP contribution in [-0.4, -0.2) is 12.9 Å². The SMILES string of the molecule is CN1C(=N[NH2+]c2ccccc2)CCCc2ccccc21. The zero-order chi connectivity index (χ0) is 13.8. The fourth-order valence-electron chi connectivity index (χ4n) is 2.63. The van der Waals surface area contributed by atoms with Crippen molar-refractivity contribution in [3.8, 4) is 0 Å². The van der Waals surface area contributed by atoms with Crippen LogP contribution in [0.5, 0.6) is 0 Å². The number of para-hydroxylation sites is 1. The summed E-state index contributed by atoms with van der Waals surface area (Å²) in [7, 11) is 2.11. The Kier molecular flexibility index (Phi) is 3.79. The Morgan fingerprint density at radius 2 is 1.70 bits per heavy atom. The molecule has 2 aromatic rings. The molecule has 2 N–H and O–H groups in total. The first kappa shape index (κ1) is 12.9. The predicted octanol–water partition coefficient (Wildman–Crippen LogP) is 2.67. The van der Waals surface area contributed by atoms with Crippen LogP contribution in [0.3, 0.4) is 0 Å². The van der Waals surface area contributed by atoms with Gasteiger partial charge in [-0.3, -0.25) is 0 Å². The van der Waals surface area contributed by atoms with Crippen molar-refractivity contribution < 1.29 is 5.43 Å². The lowest BCUT2D eigenvalue weighted by Gasteiger charge is -2.19. The third-order valence-electron chi connectivity index (χ3n) is 3.75. The maximum Gasteiger partial charge on any atom is 0.165 e. The fraction of sp³-hybridized carbons (Fsp3) is 0.235. The molecule has 0 unspecified atom stereocenters. The van der Waals surface area contributed by atoms with Crippen LogP contribution in [-0.2, 0) is 6.42 Å². The highest BCUT2D eigenvalue weighted by atomic mass is 15.3. The molecule has 20 heavy (non-hydrogen) atoms. The first-order chi connectivity index (χ1) is 9.84. The maximum atomic E-state index is 4.71. The van der Waals surface area contributed by atoms with Crippen molar-refractivity contribution >= 4 is 17.2 Å². The highest BCUT2D eigenvalue weighted by Gasteiger charge is 2.18. The number of rotatable bonds is 2. The van der Waals surface area contributed by atoms with Gasteiger partial charge in [-0.1, -0.05) is 41.5 Å². The van der Waals surface area contributed by atoms with Crippen LogP contribution in [0, 0.1) is 0 Å². The van der Waals surface area contributed by atoms with E-state index in [9.17, 15) is 0 Å². The van der Waals surface area contributed by atoms with E-state index in [1.165, 1.54) is 11.3 Å². The molecule has 2 aromatic carbocycles. The number of benzene rings is 2. The summed E-state index contributed by atoms with van der Waals surface area (Å²) in [6, 6.07) is 18.9. The summed E-state index contributed by atoms with van der Waals surface area (Å²) in [5, 5.41) is 4.71. The molecule has 3 nitrogen and oxygen atoms in total. The average Bonchev–Trinajstić information content (AvgIpc) is 2.66. The number of aryl methyl sites for hydroxylation is 1. The summed E-state index contributed by atoms with van der Waals surface area (Å²) >= 11 is 0. The monoisotopic (exact) mass is 266 g/mol. The molecule has 102 valence electrons. The second kappa shape index (κ2) is 5.88. The van der Waals surface area contributed by atoms with Gasteiger partial charge in [-0.25, -0.2) is 0 Å². The third kappa shape index (κ3) is 2.73. The minimum Gasteiger partial charge on any atom is -0.328 e. The number of anilines is 1. The molecule has 0 fully saturated rings. The quantitative estimate of drug-likeness (QED) is 0.506. The Hall–Kier alpha value is -2.13. The molecule has 1 aliphatic rings. The van der Waals surface area contributed by atoms with E-state index in [4.69, 9.17) is 5.10 Å². The molecule has 3 heteroatoms. The summed E-state index contributed by atoms with van der Waals surface area (Å²) in [5.41, 5.74) is 5.80. The van der Waals surface area contributed by atoms with Gasteiger partial charge in [0.25, 0.3) is 0 Å². The van der Waals surface area contributed by atoms with E-state index in [1.807, 2.05) is 23.6 Å². The minimum atomic E-state index is 1.02. The van der Waals surface area contributed by atoms with Crippen molar-refractivity contribution in [1.29, 1.82) is 0 Å². The lowest BCUT2D eigenvalue weighted by atomic mass is 10.1. The Balaban J connectivity index is 1.84. The number of nitrogens with two attached hydrogens (primary N) is 1. The minimum absolute atomic E-state index is 1.02. The van der Waals surface area contributed by atoms with E-state index in [-0.39, 0.29) is 0 Å². The fourth-order valence-corrected chi connectivity index (χ4v) is 2.63. The van der Waals surface area contributed by atoms with Crippen molar-refractivity contribution in [3.63, 3.8) is 0 Å². The van der Waals surface area contributed by atoms with Crippen molar-refractivity contribution in [2.75, 3.05) is 11.9 Å². The van der Waals surface area contributed by atoms with Crippen LogP contribution < -0.4 is 10.3 Å². The number of quaternary nitrogens is 1. The maximum absolute atomic E-state index is 4.71. The van der Waals surface area contributed by atoms with Crippen LogP contribution in [0.4, 0.5) is 11.4 Å². The van der Waals surface area contributed by atoms with Gasteiger partial charge >= 0.3 is 0 Å². The number of amidine groups is 1. The summed E-state index contributed by atoms with van der Waals surface area (Å²) < 4.78 is 0. The average molecular weight is 266 g/mol. The Labute approximate surface area is 119 Å². The van der Waals surface area contributed by atoms with Crippen LogP contribution in [0.25, 0.3) is 0 Å². The van der Waals surface area contributed by atoms with E-state index in [1.54, 1.807) is 0 Å². The van der Waals surface area contributed by atoms with E-state index < -0.39 is 0 Å². The molecule has 0 amide bonds. The van der Waals surface area contributed by atoms with Gasteiger partial charge in [0.1, 0.15) is 0 Å². The highest BCUT2D eigenvalue weighted by molar-refractivity contribution is 5.98. The van der Waals surface area contributed by atoms with Gasteiger partial charge in [-0.2, -0.15) is 5.43 Å².